The summed E-state index contributed by atoms with van der Waals surface area (Å²) in [5.74, 6) is 0. The number of piperazine rings is 1. The van der Waals surface area contributed by atoms with Gasteiger partial charge in [-0.1, -0.05) is 6.07 Å². The highest BCUT2D eigenvalue weighted by atomic mass is 79.9. The molecule has 0 bridgehead atoms. The second kappa shape index (κ2) is 6.92. The van der Waals surface area contributed by atoms with E-state index in [1.54, 1.807) is 18.7 Å². The van der Waals surface area contributed by atoms with Gasteiger partial charge in [0.2, 0.25) is 0 Å². The molecule has 0 radical (unpaired) electrons. The van der Waals surface area contributed by atoms with Crippen LogP contribution in [0.25, 0.3) is 0 Å². The number of hydrogen-bond acceptors (Lipinski definition) is 4. The lowest BCUT2D eigenvalue weighted by molar-refractivity contribution is 0.0240. The van der Waals surface area contributed by atoms with Gasteiger partial charge < -0.3 is 19.6 Å². The highest BCUT2D eigenvalue weighted by Crippen LogP contribution is 2.32. The predicted octanol–water partition coefficient (Wildman–Crippen LogP) is 3.73. The van der Waals surface area contributed by atoms with E-state index in [9.17, 15) is 9.90 Å². The molecule has 0 unspecified atom stereocenters. The van der Waals surface area contributed by atoms with E-state index in [4.69, 9.17) is 4.74 Å². The maximum atomic E-state index is 12.1. The zero-order valence-corrected chi connectivity index (χ0v) is 16.7. The number of amides is 1. The van der Waals surface area contributed by atoms with E-state index in [1.807, 2.05) is 39.0 Å². The van der Waals surface area contributed by atoms with Gasteiger partial charge in [-0.15, -0.1) is 0 Å². The molecule has 0 spiro atoms. The van der Waals surface area contributed by atoms with Crippen molar-refractivity contribution in [1.29, 1.82) is 0 Å². The molecule has 1 saturated heterocycles. The summed E-state index contributed by atoms with van der Waals surface area (Å²) < 4.78 is 6.38. The van der Waals surface area contributed by atoms with Gasteiger partial charge in [-0.05, 0) is 68.2 Å². The minimum absolute atomic E-state index is 0.251. The van der Waals surface area contributed by atoms with Crippen LogP contribution in [0.3, 0.4) is 0 Å². The molecular weight excluding hydrogens is 372 g/mol. The number of nitrogens with zero attached hydrogens (tertiary/aromatic N) is 2. The first-order chi connectivity index (χ1) is 11.0. The van der Waals surface area contributed by atoms with E-state index >= 15 is 0 Å². The minimum atomic E-state index is -0.865. The Morgan fingerprint density at radius 1 is 1.12 bits per heavy atom. The number of aliphatic hydroxyl groups is 1. The molecule has 134 valence electrons. The lowest BCUT2D eigenvalue weighted by Crippen LogP contribution is -2.50. The first-order valence-electron chi connectivity index (χ1n) is 8.23. The molecule has 0 aliphatic carbocycles. The quantitative estimate of drug-likeness (QED) is 0.824. The molecule has 0 saturated carbocycles. The van der Waals surface area contributed by atoms with Crippen LogP contribution in [-0.2, 0) is 10.3 Å². The van der Waals surface area contributed by atoms with Crippen molar-refractivity contribution in [3.63, 3.8) is 0 Å². The Bertz CT molecular complexity index is 597. The zero-order chi connectivity index (χ0) is 18.1. The van der Waals surface area contributed by atoms with E-state index in [1.165, 1.54) is 0 Å². The number of anilines is 1. The fourth-order valence-electron chi connectivity index (χ4n) is 2.60. The molecule has 0 atom stereocenters. The molecule has 0 aromatic heterocycles. The summed E-state index contributed by atoms with van der Waals surface area (Å²) in [7, 11) is 0. The Hall–Kier alpha value is -1.27. The molecule has 1 amide bonds. The molecule has 1 N–H and O–H groups in total. The third kappa shape index (κ3) is 4.86. The molecule has 6 heteroatoms. The van der Waals surface area contributed by atoms with E-state index in [-0.39, 0.29) is 6.09 Å². The summed E-state index contributed by atoms with van der Waals surface area (Å²) in [6.45, 7) is 11.9. The van der Waals surface area contributed by atoms with Gasteiger partial charge in [0.05, 0.1) is 11.3 Å². The predicted molar refractivity (Wildman–Crippen MR) is 99.4 cm³/mol. The van der Waals surface area contributed by atoms with Crippen LogP contribution in [0, 0.1) is 0 Å². The lowest BCUT2D eigenvalue weighted by atomic mass is 9.98. The Kier molecular flexibility index (Phi) is 5.50. The van der Waals surface area contributed by atoms with Crippen molar-refractivity contribution < 1.29 is 14.6 Å². The first-order valence-corrected chi connectivity index (χ1v) is 9.02. The van der Waals surface area contributed by atoms with Crippen LogP contribution in [0.1, 0.15) is 40.2 Å². The molecular formula is C18H27BrN2O3. The van der Waals surface area contributed by atoms with Crippen LogP contribution in [0.15, 0.2) is 22.7 Å². The van der Waals surface area contributed by atoms with Gasteiger partial charge in [-0.3, -0.25) is 0 Å². The summed E-state index contributed by atoms with van der Waals surface area (Å²) in [5, 5.41) is 10.1. The summed E-state index contributed by atoms with van der Waals surface area (Å²) in [4.78, 5) is 16.1. The fraction of sp³-hybridized carbons (Fsp3) is 0.611. The number of hydrogen-bond donors (Lipinski definition) is 1. The highest BCUT2D eigenvalue weighted by Gasteiger charge is 2.27. The summed E-state index contributed by atoms with van der Waals surface area (Å²) in [6.07, 6.45) is -0.251. The third-order valence-electron chi connectivity index (χ3n) is 3.93. The SMILES string of the molecule is CC(C)(C)OC(=O)N1CCN(c2ccc(C(C)(C)O)cc2Br)CC1. The fourth-order valence-corrected chi connectivity index (χ4v) is 3.23. The van der Waals surface area contributed by atoms with Crippen LogP contribution >= 0.6 is 15.9 Å². The lowest BCUT2D eigenvalue weighted by Gasteiger charge is -2.37. The molecule has 1 aliphatic heterocycles. The summed E-state index contributed by atoms with van der Waals surface area (Å²) in [6, 6.07) is 5.91. The Balaban J connectivity index is 2.01. The first kappa shape index (κ1) is 19.1. The Morgan fingerprint density at radius 3 is 2.17 bits per heavy atom. The second-order valence-electron chi connectivity index (χ2n) is 7.68. The van der Waals surface area contributed by atoms with Gasteiger partial charge in [-0.2, -0.15) is 0 Å². The van der Waals surface area contributed by atoms with Crippen molar-refractivity contribution in [2.24, 2.45) is 0 Å². The maximum Gasteiger partial charge on any atom is 0.410 e. The van der Waals surface area contributed by atoms with E-state index < -0.39 is 11.2 Å². The van der Waals surface area contributed by atoms with E-state index in [0.717, 1.165) is 28.8 Å². The highest BCUT2D eigenvalue weighted by molar-refractivity contribution is 9.10. The van der Waals surface area contributed by atoms with Crippen molar-refractivity contribution in [2.45, 2.75) is 45.8 Å². The molecule has 24 heavy (non-hydrogen) atoms. The number of carbonyl (C=O) groups is 1. The number of rotatable bonds is 2. The van der Waals surface area contributed by atoms with Crippen molar-refractivity contribution in [2.75, 3.05) is 31.1 Å². The Labute approximate surface area is 152 Å². The number of ether oxygens (including phenoxy) is 1. The maximum absolute atomic E-state index is 12.1. The van der Waals surface area contributed by atoms with Gasteiger partial charge in [0.15, 0.2) is 0 Å². The largest absolute Gasteiger partial charge is 0.444 e. The van der Waals surface area contributed by atoms with Crippen molar-refractivity contribution >= 4 is 27.7 Å². The average Bonchev–Trinajstić information content (AvgIpc) is 2.44. The standard InChI is InChI=1S/C18H27BrN2O3/c1-17(2,3)24-16(22)21-10-8-20(9-11-21)15-7-6-13(12-14(15)19)18(4,5)23/h6-7,12,23H,8-11H2,1-5H3. The van der Waals surface area contributed by atoms with Crippen LogP contribution in [0.4, 0.5) is 10.5 Å². The Morgan fingerprint density at radius 2 is 1.71 bits per heavy atom. The van der Waals surface area contributed by atoms with Crippen LogP contribution in [-0.4, -0.2) is 47.9 Å². The van der Waals surface area contributed by atoms with Gasteiger partial charge >= 0.3 is 6.09 Å². The number of benzene rings is 1. The molecule has 1 aliphatic rings. The van der Waals surface area contributed by atoms with Crippen LogP contribution < -0.4 is 4.90 Å². The topological polar surface area (TPSA) is 53.0 Å². The average molecular weight is 399 g/mol. The van der Waals surface area contributed by atoms with Crippen molar-refractivity contribution in [3.05, 3.63) is 28.2 Å². The molecule has 5 nitrogen and oxygen atoms in total. The van der Waals surface area contributed by atoms with Gasteiger partial charge in [0, 0.05) is 30.7 Å². The number of carbonyl (C=O) groups excluding carboxylic acids is 1. The molecule has 1 aromatic carbocycles. The van der Waals surface area contributed by atoms with E-state index in [2.05, 4.69) is 20.8 Å². The van der Waals surface area contributed by atoms with Crippen molar-refractivity contribution in [1.82, 2.24) is 4.90 Å². The molecule has 2 rings (SSSR count). The smallest absolute Gasteiger partial charge is 0.410 e. The van der Waals surface area contributed by atoms with Gasteiger partial charge in [-0.25, -0.2) is 4.79 Å². The second-order valence-corrected chi connectivity index (χ2v) is 8.53. The zero-order valence-electron chi connectivity index (χ0n) is 15.1. The monoisotopic (exact) mass is 398 g/mol. The molecule has 1 fully saturated rings. The minimum Gasteiger partial charge on any atom is -0.444 e. The van der Waals surface area contributed by atoms with E-state index in [0.29, 0.717) is 13.1 Å². The third-order valence-corrected chi connectivity index (χ3v) is 4.56. The van der Waals surface area contributed by atoms with Gasteiger partial charge in [0.1, 0.15) is 5.60 Å². The number of halogens is 1. The normalized spacial score (nSPS) is 16.3. The van der Waals surface area contributed by atoms with Crippen LogP contribution in [0.5, 0.6) is 0 Å². The van der Waals surface area contributed by atoms with Crippen LogP contribution in [0.2, 0.25) is 0 Å². The summed E-state index contributed by atoms with van der Waals surface area (Å²) in [5.41, 5.74) is 0.609. The molecule has 1 heterocycles. The van der Waals surface area contributed by atoms with Crippen molar-refractivity contribution in [3.8, 4) is 0 Å². The summed E-state index contributed by atoms with van der Waals surface area (Å²) >= 11 is 3.60. The van der Waals surface area contributed by atoms with Gasteiger partial charge in [0.25, 0.3) is 0 Å². The molecule has 1 aromatic rings.